The molecule has 0 aliphatic heterocycles. The summed E-state index contributed by atoms with van der Waals surface area (Å²) in [4.78, 5) is 8.24. The average molecular weight is 321 g/mol. The van der Waals surface area contributed by atoms with E-state index < -0.39 is 0 Å². The first-order valence-corrected chi connectivity index (χ1v) is 2.59. The molecule has 0 spiro atoms. The fraction of sp³-hybridized carbons (Fsp3) is 0. The summed E-state index contributed by atoms with van der Waals surface area (Å²) in [5.74, 6) is 0. The molecule has 4 heteroatoms. The van der Waals surface area contributed by atoms with E-state index in [1.807, 2.05) is 18.2 Å². The molecule has 0 heterocycles. The Bertz CT molecular complexity index is 179. The molecule has 0 aromatic heterocycles. The van der Waals surface area contributed by atoms with Crippen LogP contribution in [0, 0.1) is 0 Å². The van der Waals surface area contributed by atoms with E-state index in [9.17, 15) is 0 Å². The maximum Gasteiger partial charge on any atom is 2.00 e. The number of nitrogens with one attached hydrogen (secondary N) is 1. The molecule has 1 aromatic rings. The second-order valence-electron chi connectivity index (χ2n) is 1.46. The Morgan fingerprint density at radius 1 is 1.27 bits per heavy atom. The van der Waals surface area contributed by atoms with E-state index >= 15 is 0 Å². The van der Waals surface area contributed by atoms with Crippen LogP contribution >= 0.6 is 0 Å². The molecule has 58 valence electrons. The summed E-state index contributed by atoms with van der Waals surface area (Å²) in [6, 6.07) is 9.10. The summed E-state index contributed by atoms with van der Waals surface area (Å²) in [6.07, 6.45) is 0. The van der Waals surface area contributed by atoms with Crippen LogP contribution in [0.2, 0.25) is 0 Å². The predicted molar refractivity (Wildman–Crippen MR) is 38.7 cm³/mol. The summed E-state index contributed by atoms with van der Waals surface area (Å²) in [5.41, 5.74) is 7.57. The van der Waals surface area contributed by atoms with Gasteiger partial charge in [-0.25, -0.2) is 0 Å². The van der Waals surface area contributed by atoms with Crippen LogP contribution in [0.25, 0.3) is 5.73 Å². The summed E-state index contributed by atoms with van der Waals surface area (Å²) in [7, 11) is 0. The van der Waals surface area contributed by atoms with Crippen molar-refractivity contribution < 1.29 is 31.0 Å². The Kier molecular flexibility index (Phi) is 10.7. The zero-order valence-electron chi connectivity index (χ0n) is 5.65. The van der Waals surface area contributed by atoms with Crippen LogP contribution in [-0.4, -0.2) is 11.6 Å². The number of aliphatic hydroxyl groups excluding tert-OH is 1. The zero-order valence-corrected chi connectivity index (χ0v) is 8.58. The third kappa shape index (κ3) is 9.18. The van der Waals surface area contributed by atoms with Gasteiger partial charge in [0.15, 0.2) is 0 Å². The molecule has 0 saturated carbocycles. The smallest absolute Gasteiger partial charge is 0.699 e. The first kappa shape index (κ1) is 12.8. The Morgan fingerprint density at radius 2 is 1.64 bits per heavy atom. The normalized spacial score (nSPS) is 6.55. The van der Waals surface area contributed by atoms with E-state index in [4.69, 9.17) is 15.6 Å². The molecule has 0 bridgehead atoms. The topological polar surface area (TPSA) is 61.1 Å². The molecular formula is C7H7NO2W. The molecule has 3 nitrogen and oxygen atoms in total. The van der Waals surface area contributed by atoms with E-state index in [-0.39, 0.29) is 21.1 Å². The largest absolute Gasteiger partial charge is 2.00 e. The second kappa shape index (κ2) is 9.18. The molecule has 1 aromatic carbocycles. The van der Waals surface area contributed by atoms with Gasteiger partial charge in [0.2, 0.25) is 0 Å². The van der Waals surface area contributed by atoms with Gasteiger partial charge in [0.05, 0.1) is 0 Å². The van der Waals surface area contributed by atoms with Crippen LogP contribution in [0.1, 0.15) is 0 Å². The molecule has 0 radical (unpaired) electrons. The van der Waals surface area contributed by atoms with E-state index in [2.05, 4.69) is 0 Å². The SMILES string of the molecule is O=[C-]O.[NH-]c1ccccc1.[W+2]. The minimum Gasteiger partial charge on any atom is -0.699 e. The Morgan fingerprint density at radius 3 is 1.82 bits per heavy atom. The van der Waals surface area contributed by atoms with Gasteiger partial charge >= 0.3 is 21.1 Å². The number of hydrogen-bond donors (Lipinski definition) is 1. The molecule has 0 amide bonds. The van der Waals surface area contributed by atoms with Crippen LogP contribution in [-0.2, 0) is 25.9 Å². The van der Waals surface area contributed by atoms with E-state index in [0.29, 0.717) is 12.2 Å². The van der Waals surface area contributed by atoms with Crippen molar-refractivity contribution in [2.24, 2.45) is 0 Å². The standard InChI is InChI=1S/C6H6N.CHO2.W/c7-6-4-2-1-3-5-6;2-1-3;/h1-5,7H;(H,2,3);/q2*-1;+2. The fourth-order valence-corrected chi connectivity index (χ4v) is 0.438. The van der Waals surface area contributed by atoms with Crippen LogP contribution in [0.5, 0.6) is 0 Å². The molecule has 11 heavy (non-hydrogen) atoms. The van der Waals surface area contributed by atoms with Crippen molar-refractivity contribution in [1.82, 2.24) is 0 Å². The van der Waals surface area contributed by atoms with Gasteiger partial charge in [0.1, 0.15) is 0 Å². The Balaban J connectivity index is 0. The van der Waals surface area contributed by atoms with E-state index in [0.717, 1.165) is 0 Å². The molecule has 0 unspecified atom stereocenters. The maximum atomic E-state index is 8.24. The van der Waals surface area contributed by atoms with Crippen molar-refractivity contribution in [3.63, 3.8) is 0 Å². The first-order valence-electron chi connectivity index (χ1n) is 2.59. The van der Waals surface area contributed by atoms with Gasteiger partial charge in [-0.2, -0.15) is 0 Å². The number of hydrogen-bond acceptors (Lipinski definition) is 1. The molecule has 0 saturated heterocycles. The summed E-state index contributed by atoms with van der Waals surface area (Å²) >= 11 is 0. The minimum atomic E-state index is 0. The van der Waals surface area contributed by atoms with Gasteiger partial charge in [-0.05, 0) is 0 Å². The monoisotopic (exact) mass is 321 g/mol. The van der Waals surface area contributed by atoms with Crippen LogP contribution in [0.15, 0.2) is 30.3 Å². The second-order valence-corrected chi connectivity index (χ2v) is 1.46. The van der Waals surface area contributed by atoms with Crippen molar-refractivity contribution in [2.45, 2.75) is 0 Å². The van der Waals surface area contributed by atoms with Gasteiger partial charge in [-0.3, -0.25) is 0 Å². The minimum absolute atomic E-state index is 0. The van der Waals surface area contributed by atoms with Gasteiger partial charge in [-0.15, -0.1) is 5.69 Å². The third-order valence-corrected chi connectivity index (χ3v) is 0.774. The van der Waals surface area contributed by atoms with Crippen LogP contribution in [0.4, 0.5) is 5.69 Å². The van der Waals surface area contributed by atoms with Crippen molar-refractivity contribution >= 4 is 12.2 Å². The van der Waals surface area contributed by atoms with E-state index in [1.54, 1.807) is 12.1 Å². The number of rotatable bonds is 0. The van der Waals surface area contributed by atoms with E-state index in [1.165, 1.54) is 0 Å². The molecular weight excluding hydrogens is 314 g/mol. The Labute approximate surface area is 79.5 Å². The zero-order chi connectivity index (χ0) is 7.82. The van der Waals surface area contributed by atoms with Crippen molar-refractivity contribution in [2.75, 3.05) is 0 Å². The predicted octanol–water partition coefficient (Wildman–Crippen LogP) is 1.98. The van der Waals surface area contributed by atoms with Crippen molar-refractivity contribution in [3.8, 4) is 0 Å². The summed E-state index contributed by atoms with van der Waals surface area (Å²) in [6.45, 7) is 0.500. The summed E-state index contributed by atoms with van der Waals surface area (Å²) < 4.78 is 0. The quantitative estimate of drug-likeness (QED) is 0.743. The molecule has 2 N–H and O–H groups in total. The summed E-state index contributed by atoms with van der Waals surface area (Å²) in [5, 5.41) is 6.76. The van der Waals surface area contributed by atoms with Crippen LogP contribution < -0.4 is 0 Å². The first-order chi connectivity index (χ1) is 4.81. The molecule has 0 atom stereocenters. The third-order valence-electron chi connectivity index (χ3n) is 0.774. The van der Waals surface area contributed by atoms with Gasteiger partial charge in [0, 0.05) is 0 Å². The van der Waals surface area contributed by atoms with Crippen molar-refractivity contribution in [1.29, 1.82) is 0 Å². The molecule has 0 aliphatic rings. The molecule has 0 fully saturated rings. The fourth-order valence-electron chi connectivity index (χ4n) is 0.438. The maximum absolute atomic E-state index is 8.24. The number of benzene rings is 1. The average Bonchev–Trinajstić information content (AvgIpc) is 1.91. The van der Waals surface area contributed by atoms with Crippen molar-refractivity contribution in [3.05, 3.63) is 36.1 Å². The van der Waals surface area contributed by atoms with Gasteiger partial charge in [0.25, 0.3) is 0 Å². The Hall–Kier alpha value is -0.822. The molecule has 1 rings (SSSR count). The van der Waals surface area contributed by atoms with Gasteiger partial charge < -0.3 is 15.6 Å². The van der Waals surface area contributed by atoms with Crippen LogP contribution in [0.3, 0.4) is 0 Å². The molecule has 0 aliphatic carbocycles. The van der Waals surface area contributed by atoms with Gasteiger partial charge in [-0.1, -0.05) is 36.8 Å².